The summed E-state index contributed by atoms with van der Waals surface area (Å²) >= 11 is 0. The zero-order valence-corrected chi connectivity index (χ0v) is 16.3. The molecule has 1 amide bonds. The fraction of sp³-hybridized carbons (Fsp3) is 0.905. The zero-order valence-electron chi connectivity index (χ0n) is 16.3. The quantitative estimate of drug-likeness (QED) is 0.650. The molecule has 0 aromatic heterocycles. The summed E-state index contributed by atoms with van der Waals surface area (Å²) in [5.41, 5.74) is 0.320. The molecule has 0 radical (unpaired) electrons. The lowest BCUT2D eigenvalue weighted by Crippen LogP contribution is -2.45. The fourth-order valence-corrected chi connectivity index (χ4v) is 5.03. The highest BCUT2D eigenvalue weighted by Gasteiger charge is 2.45. The van der Waals surface area contributed by atoms with Crippen LogP contribution in [0.4, 0.5) is 0 Å². The van der Waals surface area contributed by atoms with E-state index < -0.39 is 0 Å². The molecule has 2 aliphatic carbocycles. The Labute approximate surface area is 153 Å². The van der Waals surface area contributed by atoms with Gasteiger partial charge in [-0.1, -0.05) is 39.5 Å². The number of hydrogen-bond acceptors (Lipinski definition) is 3. The number of ketones is 1. The van der Waals surface area contributed by atoms with Gasteiger partial charge in [-0.25, -0.2) is 0 Å². The second-order valence-electron chi connectivity index (χ2n) is 9.44. The predicted octanol–water partition coefficient (Wildman–Crippen LogP) is 3.40. The summed E-state index contributed by atoms with van der Waals surface area (Å²) in [5.74, 6) is 2.37. The van der Waals surface area contributed by atoms with Crippen molar-refractivity contribution in [2.24, 2.45) is 23.2 Å². The van der Waals surface area contributed by atoms with Gasteiger partial charge in [0.15, 0.2) is 0 Å². The van der Waals surface area contributed by atoms with E-state index in [2.05, 4.69) is 19.2 Å². The summed E-state index contributed by atoms with van der Waals surface area (Å²) in [6.45, 7) is 8.13. The topological polar surface area (TPSA) is 49.4 Å². The van der Waals surface area contributed by atoms with E-state index in [4.69, 9.17) is 0 Å². The molecule has 3 aliphatic rings. The molecule has 3 rings (SSSR count). The average molecular weight is 349 g/mol. The molecule has 142 valence electrons. The van der Waals surface area contributed by atoms with E-state index >= 15 is 0 Å². The van der Waals surface area contributed by atoms with Crippen LogP contribution in [0.3, 0.4) is 0 Å². The first-order chi connectivity index (χ1) is 11.9. The van der Waals surface area contributed by atoms with Crippen molar-refractivity contribution >= 4 is 12.2 Å². The third-order valence-corrected chi connectivity index (χ3v) is 7.69. The molecular formula is C21H36N2O2. The molecule has 2 saturated carbocycles. The Hall–Kier alpha value is -0.900. The van der Waals surface area contributed by atoms with E-state index in [1.165, 1.54) is 38.5 Å². The Balaban J connectivity index is 1.55. The van der Waals surface area contributed by atoms with Crippen molar-refractivity contribution in [1.82, 2.24) is 10.2 Å². The highest BCUT2D eigenvalue weighted by Crippen LogP contribution is 2.49. The lowest BCUT2D eigenvalue weighted by molar-refractivity contribution is -0.119. The van der Waals surface area contributed by atoms with Gasteiger partial charge in [0, 0.05) is 19.1 Å². The minimum atomic E-state index is -0.0301. The van der Waals surface area contributed by atoms with Crippen LogP contribution in [-0.2, 0) is 9.59 Å². The number of amides is 1. The largest absolute Gasteiger partial charge is 0.341 e. The van der Waals surface area contributed by atoms with E-state index in [0.717, 1.165) is 44.2 Å². The Morgan fingerprint density at radius 1 is 1.20 bits per heavy atom. The third kappa shape index (κ3) is 4.10. The van der Waals surface area contributed by atoms with Gasteiger partial charge in [-0.05, 0) is 55.8 Å². The van der Waals surface area contributed by atoms with E-state index in [-0.39, 0.29) is 17.9 Å². The summed E-state index contributed by atoms with van der Waals surface area (Å²) in [6.07, 6.45) is 11.0. The summed E-state index contributed by atoms with van der Waals surface area (Å²) in [5, 5.41) is 3.50. The minimum absolute atomic E-state index is 0.0301. The maximum Gasteiger partial charge on any atom is 0.210 e. The van der Waals surface area contributed by atoms with Gasteiger partial charge in [0.2, 0.25) is 6.41 Å². The highest BCUT2D eigenvalue weighted by atomic mass is 16.1. The first-order valence-corrected chi connectivity index (χ1v) is 10.4. The van der Waals surface area contributed by atoms with E-state index in [1.807, 2.05) is 4.90 Å². The molecule has 0 bridgehead atoms. The van der Waals surface area contributed by atoms with Crippen LogP contribution in [0.1, 0.15) is 72.1 Å². The van der Waals surface area contributed by atoms with Gasteiger partial charge in [0.1, 0.15) is 5.78 Å². The third-order valence-electron chi connectivity index (χ3n) is 7.69. The summed E-state index contributed by atoms with van der Waals surface area (Å²) in [4.78, 5) is 25.6. The summed E-state index contributed by atoms with van der Waals surface area (Å²) in [6, 6.07) is 0.211. The van der Waals surface area contributed by atoms with Gasteiger partial charge in [-0.3, -0.25) is 9.59 Å². The number of hydrogen-bond donors (Lipinski definition) is 1. The van der Waals surface area contributed by atoms with Crippen LogP contribution in [0.5, 0.6) is 0 Å². The molecule has 1 aliphatic heterocycles. The fourth-order valence-electron chi connectivity index (χ4n) is 5.03. The maximum atomic E-state index is 12.0. The van der Waals surface area contributed by atoms with Crippen LogP contribution in [0.15, 0.2) is 0 Å². The number of rotatable bonds is 9. The van der Waals surface area contributed by atoms with Crippen molar-refractivity contribution < 1.29 is 9.59 Å². The molecule has 3 fully saturated rings. The summed E-state index contributed by atoms with van der Waals surface area (Å²) in [7, 11) is 0. The van der Waals surface area contributed by atoms with Gasteiger partial charge < -0.3 is 10.2 Å². The van der Waals surface area contributed by atoms with Crippen LogP contribution >= 0.6 is 0 Å². The second-order valence-corrected chi connectivity index (χ2v) is 9.44. The average Bonchev–Trinajstić information content (AvgIpc) is 2.86. The van der Waals surface area contributed by atoms with Gasteiger partial charge in [-0.15, -0.1) is 0 Å². The Morgan fingerprint density at radius 2 is 1.88 bits per heavy atom. The molecule has 25 heavy (non-hydrogen) atoms. The number of likely N-dealkylation sites (tertiary alicyclic amines) is 1. The first-order valence-electron chi connectivity index (χ1n) is 10.4. The number of nitrogens with zero attached hydrogens (tertiary/aromatic N) is 1. The molecule has 1 heterocycles. The normalized spacial score (nSPS) is 29.2. The molecule has 0 aromatic rings. The second kappa shape index (κ2) is 7.77. The van der Waals surface area contributed by atoms with Crippen molar-refractivity contribution in [3.63, 3.8) is 0 Å². The maximum absolute atomic E-state index is 12.0. The molecule has 3 atom stereocenters. The molecule has 1 saturated heterocycles. The van der Waals surface area contributed by atoms with Gasteiger partial charge in [0.25, 0.3) is 0 Å². The van der Waals surface area contributed by atoms with Crippen LogP contribution in [-0.4, -0.2) is 42.3 Å². The Kier molecular flexibility index (Phi) is 5.87. The number of Topliss-reactive ketones (excluding diaryl/α,β-unsaturated/α-hetero) is 1. The van der Waals surface area contributed by atoms with Crippen molar-refractivity contribution in [2.45, 2.75) is 84.2 Å². The minimum Gasteiger partial charge on any atom is -0.341 e. The standard InChI is InChI=1S/C21H36N2O2/c1-15(25)20(10-16-6-4-7-16)22-12-19-11-18(13-23(19)14-24)21(2,3)17-8-5-9-17/h14,16-20,22H,4-13H2,1-3H3. The van der Waals surface area contributed by atoms with Crippen molar-refractivity contribution in [3.05, 3.63) is 0 Å². The van der Waals surface area contributed by atoms with Crippen LogP contribution in [0.2, 0.25) is 0 Å². The zero-order chi connectivity index (χ0) is 18.0. The van der Waals surface area contributed by atoms with Crippen LogP contribution in [0, 0.1) is 23.2 Å². The summed E-state index contributed by atoms with van der Waals surface area (Å²) < 4.78 is 0. The smallest absolute Gasteiger partial charge is 0.210 e. The first kappa shape index (κ1) is 18.9. The Bertz CT molecular complexity index is 482. The van der Waals surface area contributed by atoms with Crippen molar-refractivity contribution in [1.29, 1.82) is 0 Å². The van der Waals surface area contributed by atoms with Crippen molar-refractivity contribution in [3.8, 4) is 0 Å². The molecule has 4 nitrogen and oxygen atoms in total. The lowest BCUT2D eigenvalue weighted by Gasteiger charge is -2.44. The van der Waals surface area contributed by atoms with Gasteiger partial charge in [-0.2, -0.15) is 0 Å². The van der Waals surface area contributed by atoms with Crippen molar-refractivity contribution in [2.75, 3.05) is 13.1 Å². The molecular weight excluding hydrogens is 312 g/mol. The molecule has 0 aromatic carbocycles. The molecule has 3 unspecified atom stereocenters. The van der Waals surface area contributed by atoms with E-state index in [0.29, 0.717) is 11.3 Å². The molecule has 4 heteroatoms. The van der Waals surface area contributed by atoms with Gasteiger partial charge >= 0.3 is 0 Å². The highest BCUT2D eigenvalue weighted by molar-refractivity contribution is 5.81. The van der Waals surface area contributed by atoms with Crippen LogP contribution in [0.25, 0.3) is 0 Å². The number of nitrogens with one attached hydrogen (secondary N) is 1. The predicted molar refractivity (Wildman–Crippen MR) is 100 cm³/mol. The lowest BCUT2D eigenvalue weighted by atomic mass is 9.61. The van der Waals surface area contributed by atoms with Gasteiger partial charge in [0.05, 0.1) is 6.04 Å². The van der Waals surface area contributed by atoms with E-state index in [1.54, 1.807) is 6.92 Å². The molecule has 0 spiro atoms. The van der Waals surface area contributed by atoms with Crippen LogP contribution < -0.4 is 5.32 Å². The Morgan fingerprint density at radius 3 is 2.36 bits per heavy atom. The molecule has 1 N–H and O–H groups in total. The SMILES string of the molecule is CC(=O)C(CC1CCC1)NCC1CC(C(C)(C)C2CCC2)CN1C=O. The number of carbonyl (C=O) groups excluding carboxylic acids is 2. The van der Waals surface area contributed by atoms with E-state index in [9.17, 15) is 9.59 Å². The number of carbonyl (C=O) groups is 2. The monoisotopic (exact) mass is 348 g/mol.